The third kappa shape index (κ3) is 3.29. The van der Waals surface area contributed by atoms with Crippen LogP contribution < -0.4 is 5.73 Å². The summed E-state index contributed by atoms with van der Waals surface area (Å²) < 4.78 is 0. The van der Waals surface area contributed by atoms with Crippen LogP contribution in [0, 0.1) is 0 Å². The molecule has 1 atom stereocenters. The van der Waals surface area contributed by atoms with E-state index < -0.39 is 0 Å². The fourth-order valence-corrected chi connectivity index (χ4v) is 1.84. The second-order valence-corrected chi connectivity index (χ2v) is 4.05. The second kappa shape index (κ2) is 5.83. The van der Waals surface area contributed by atoms with Crippen LogP contribution in [-0.2, 0) is 0 Å². The van der Waals surface area contributed by atoms with Crippen molar-refractivity contribution in [3.8, 4) is 0 Å². The Bertz CT molecular complexity index is 271. The molecule has 0 spiro atoms. The van der Waals surface area contributed by atoms with Crippen molar-refractivity contribution in [2.24, 2.45) is 5.73 Å². The largest absolute Gasteiger partial charge is 0.329 e. The minimum absolute atomic E-state index is 0.328. The van der Waals surface area contributed by atoms with Gasteiger partial charge in [0.05, 0.1) is 5.69 Å². The van der Waals surface area contributed by atoms with E-state index in [2.05, 4.69) is 36.7 Å². The van der Waals surface area contributed by atoms with Crippen molar-refractivity contribution in [3.63, 3.8) is 0 Å². The summed E-state index contributed by atoms with van der Waals surface area (Å²) in [6.45, 7) is 8.16. The summed E-state index contributed by atoms with van der Waals surface area (Å²) in [7, 11) is 0. The molecule has 0 unspecified atom stereocenters. The van der Waals surface area contributed by atoms with Crippen molar-refractivity contribution in [2.75, 3.05) is 13.1 Å². The molecule has 0 radical (unpaired) electrons. The lowest BCUT2D eigenvalue weighted by atomic mass is 10.1. The number of nitrogens with zero attached hydrogens (tertiary/aromatic N) is 2. The number of pyridine rings is 1. The van der Waals surface area contributed by atoms with Crippen LogP contribution in [0.3, 0.4) is 0 Å². The Morgan fingerprint density at radius 3 is 2.53 bits per heavy atom. The molecule has 3 heteroatoms. The number of hydrogen-bond donors (Lipinski definition) is 1. The fraction of sp³-hybridized carbons (Fsp3) is 0.583. The lowest BCUT2D eigenvalue weighted by Gasteiger charge is -2.31. The average Bonchev–Trinajstić information content (AvgIpc) is 2.26. The van der Waals surface area contributed by atoms with Gasteiger partial charge in [0.15, 0.2) is 0 Å². The molecule has 0 fully saturated rings. The van der Waals surface area contributed by atoms with E-state index in [4.69, 9.17) is 5.73 Å². The van der Waals surface area contributed by atoms with Gasteiger partial charge in [-0.05, 0) is 32.9 Å². The highest BCUT2D eigenvalue weighted by Gasteiger charge is 2.18. The van der Waals surface area contributed by atoms with E-state index in [1.807, 2.05) is 18.3 Å². The van der Waals surface area contributed by atoms with Crippen molar-refractivity contribution in [3.05, 3.63) is 30.1 Å². The first-order valence-electron chi connectivity index (χ1n) is 5.53. The van der Waals surface area contributed by atoms with Gasteiger partial charge in [-0.3, -0.25) is 9.88 Å². The molecule has 15 heavy (non-hydrogen) atoms. The van der Waals surface area contributed by atoms with Crippen LogP contribution >= 0.6 is 0 Å². The molecule has 2 N–H and O–H groups in total. The highest BCUT2D eigenvalue weighted by Crippen LogP contribution is 2.19. The van der Waals surface area contributed by atoms with Crippen LogP contribution in [0.4, 0.5) is 0 Å². The molecule has 3 nitrogen and oxygen atoms in total. The molecular weight excluding hydrogens is 186 g/mol. The molecule has 1 aromatic rings. The summed E-state index contributed by atoms with van der Waals surface area (Å²) in [6, 6.07) is 6.86. The molecule has 0 saturated heterocycles. The van der Waals surface area contributed by atoms with E-state index in [0.717, 1.165) is 12.2 Å². The Hall–Kier alpha value is -0.930. The van der Waals surface area contributed by atoms with Gasteiger partial charge in [-0.25, -0.2) is 0 Å². The lowest BCUT2D eigenvalue weighted by Crippen LogP contribution is -2.37. The lowest BCUT2D eigenvalue weighted by molar-refractivity contribution is 0.167. The van der Waals surface area contributed by atoms with E-state index >= 15 is 0 Å². The average molecular weight is 207 g/mol. The van der Waals surface area contributed by atoms with E-state index in [9.17, 15) is 0 Å². The van der Waals surface area contributed by atoms with Crippen molar-refractivity contribution in [1.29, 1.82) is 0 Å². The molecule has 0 bridgehead atoms. The van der Waals surface area contributed by atoms with Crippen molar-refractivity contribution >= 4 is 0 Å². The summed E-state index contributed by atoms with van der Waals surface area (Å²) in [5, 5.41) is 0. The Morgan fingerprint density at radius 2 is 2.07 bits per heavy atom. The van der Waals surface area contributed by atoms with Gasteiger partial charge in [0.2, 0.25) is 0 Å². The fourth-order valence-electron chi connectivity index (χ4n) is 1.84. The highest BCUT2D eigenvalue weighted by molar-refractivity contribution is 5.08. The van der Waals surface area contributed by atoms with E-state index in [0.29, 0.717) is 18.6 Å². The molecule has 1 aromatic heterocycles. The second-order valence-electron chi connectivity index (χ2n) is 4.05. The Balaban J connectivity index is 2.76. The standard InChI is InChI=1S/C12H21N3/c1-10(2)15(9-7-13)11(3)12-6-4-5-8-14-12/h4-6,8,10-11H,7,9,13H2,1-3H3/t11-/m1/s1. The van der Waals surface area contributed by atoms with Gasteiger partial charge >= 0.3 is 0 Å². The SMILES string of the molecule is CC(C)N(CCN)[C@H](C)c1ccccn1. The topological polar surface area (TPSA) is 42.1 Å². The van der Waals surface area contributed by atoms with Crippen molar-refractivity contribution < 1.29 is 0 Å². The molecule has 0 aliphatic rings. The summed E-state index contributed by atoms with van der Waals surface area (Å²) >= 11 is 0. The quantitative estimate of drug-likeness (QED) is 0.800. The number of nitrogens with two attached hydrogens (primary N) is 1. The normalized spacial score (nSPS) is 13.5. The molecule has 1 heterocycles. The summed E-state index contributed by atoms with van der Waals surface area (Å²) in [5.41, 5.74) is 6.73. The summed E-state index contributed by atoms with van der Waals surface area (Å²) in [6.07, 6.45) is 1.84. The Labute approximate surface area is 92.3 Å². The van der Waals surface area contributed by atoms with Gasteiger partial charge in [0, 0.05) is 31.4 Å². The zero-order valence-corrected chi connectivity index (χ0v) is 9.85. The van der Waals surface area contributed by atoms with Crippen molar-refractivity contribution in [1.82, 2.24) is 9.88 Å². The first-order chi connectivity index (χ1) is 7.16. The summed E-state index contributed by atoms with van der Waals surface area (Å²) in [5.74, 6) is 0. The van der Waals surface area contributed by atoms with Crippen LogP contribution in [0.5, 0.6) is 0 Å². The van der Waals surface area contributed by atoms with Crippen LogP contribution in [0.2, 0.25) is 0 Å². The Morgan fingerprint density at radius 1 is 1.33 bits per heavy atom. The number of rotatable bonds is 5. The van der Waals surface area contributed by atoms with E-state index in [1.165, 1.54) is 0 Å². The Kier molecular flexibility index (Phi) is 4.72. The summed E-state index contributed by atoms with van der Waals surface area (Å²) in [4.78, 5) is 6.75. The molecule has 1 rings (SSSR count). The van der Waals surface area contributed by atoms with Gasteiger partial charge < -0.3 is 5.73 Å². The maximum Gasteiger partial charge on any atom is 0.0572 e. The minimum atomic E-state index is 0.328. The third-order valence-electron chi connectivity index (χ3n) is 2.66. The first kappa shape index (κ1) is 12.1. The highest BCUT2D eigenvalue weighted by atomic mass is 15.2. The molecule has 0 aliphatic carbocycles. The molecule has 0 amide bonds. The van der Waals surface area contributed by atoms with Crippen LogP contribution in [0.1, 0.15) is 32.5 Å². The first-order valence-corrected chi connectivity index (χ1v) is 5.53. The van der Waals surface area contributed by atoms with Crippen LogP contribution in [0.15, 0.2) is 24.4 Å². The molecule has 0 aromatic carbocycles. The molecular formula is C12H21N3. The minimum Gasteiger partial charge on any atom is -0.329 e. The zero-order chi connectivity index (χ0) is 11.3. The van der Waals surface area contributed by atoms with Gasteiger partial charge in [0.25, 0.3) is 0 Å². The monoisotopic (exact) mass is 207 g/mol. The van der Waals surface area contributed by atoms with Gasteiger partial charge in [0.1, 0.15) is 0 Å². The maximum atomic E-state index is 5.62. The number of aromatic nitrogens is 1. The van der Waals surface area contributed by atoms with Crippen LogP contribution in [0.25, 0.3) is 0 Å². The van der Waals surface area contributed by atoms with Crippen LogP contribution in [-0.4, -0.2) is 29.0 Å². The molecule has 84 valence electrons. The smallest absolute Gasteiger partial charge is 0.0572 e. The van der Waals surface area contributed by atoms with E-state index in [1.54, 1.807) is 0 Å². The van der Waals surface area contributed by atoms with Gasteiger partial charge in [-0.1, -0.05) is 6.07 Å². The maximum absolute atomic E-state index is 5.62. The predicted octanol–water partition coefficient (Wildman–Crippen LogP) is 1.81. The van der Waals surface area contributed by atoms with Gasteiger partial charge in [-0.15, -0.1) is 0 Å². The molecule has 0 aliphatic heterocycles. The number of hydrogen-bond acceptors (Lipinski definition) is 3. The zero-order valence-electron chi connectivity index (χ0n) is 9.85. The van der Waals surface area contributed by atoms with Crippen molar-refractivity contribution in [2.45, 2.75) is 32.9 Å². The van der Waals surface area contributed by atoms with Gasteiger partial charge in [-0.2, -0.15) is 0 Å². The van der Waals surface area contributed by atoms with E-state index in [-0.39, 0.29) is 0 Å². The predicted molar refractivity (Wildman–Crippen MR) is 63.5 cm³/mol. The molecule has 0 saturated carbocycles. The third-order valence-corrected chi connectivity index (χ3v) is 2.66.